The minimum absolute atomic E-state index is 0.0239. The molecule has 1 N–H and O–H groups in total. The Balaban J connectivity index is 4.56. The Hall–Kier alpha value is -0.290. The lowest BCUT2D eigenvalue weighted by molar-refractivity contribution is -0.152. The zero-order chi connectivity index (χ0) is 15.5. The van der Waals surface area contributed by atoms with Crippen LogP contribution in [0.5, 0.6) is 0 Å². The van der Waals surface area contributed by atoms with Crippen LogP contribution < -0.4 is 5.32 Å². The van der Waals surface area contributed by atoms with Crippen molar-refractivity contribution in [2.24, 2.45) is 5.41 Å². The fourth-order valence-corrected chi connectivity index (χ4v) is 1.76. The summed E-state index contributed by atoms with van der Waals surface area (Å²) >= 11 is 0. The highest BCUT2D eigenvalue weighted by atomic mass is 19.4. The van der Waals surface area contributed by atoms with Crippen molar-refractivity contribution in [3.63, 3.8) is 0 Å². The van der Waals surface area contributed by atoms with E-state index in [2.05, 4.69) is 26.1 Å². The predicted octanol–water partition coefficient (Wildman–Crippen LogP) is 3.67. The SMILES string of the molecule is CC(C)N(CC(F)(F)F)CC(C)(C)CNC(C)(C)C. The van der Waals surface area contributed by atoms with Crippen LogP contribution in [0.3, 0.4) is 0 Å². The molecule has 0 saturated heterocycles. The van der Waals surface area contributed by atoms with Crippen molar-refractivity contribution < 1.29 is 13.2 Å². The summed E-state index contributed by atoms with van der Waals surface area (Å²) in [6.07, 6.45) is -4.14. The van der Waals surface area contributed by atoms with Gasteiger partial charge in [0.15, 0.2) is 0 Å². The minimum atomic E-state index is -4.14. The van der Waals surface area contributed by atoms with Crippen LogP contribution in [0.15, 0.2) is 0 Å². The first kappa shape index (κ1) is 18.7. The molecule has 0 fully saturated rings. The van der Waals surface area contributed by atoms with Gasteiger partial charge in [0.25, 0.3) is 0 Å². The molecule has 0 aliphatic rings. The molecule has 0 aliphatic heterocycles. The van der Waals surface area contributed by atoms with Gasteiger partial charge in [-0.25, -0.2) is 0 Å². The Kier molecular flexibility index (Phi) is 6.34. The van der Waals surface area contributed by atoms with Gasteiger partial charge in [-0.05, 0) is 40.0 Å². The van der Waals surface area contributed by atoms with E-state index in [1.54, 1.807) is 13.8 Å². The summed E-state index contributed by atoms with van der Waals surface area (Å²) in [6, 6.07) is -0.115. The zero-order valence-electron chi connectivity index (χ0n) is 13.3. The second-order valence-electron chi connectivity index (χ2n) is 7.38. The van der Waals surface area contributed by atoms with E-state index < -0.39 is 12.7 Å². The zero-order valence-corrected chi connectivity index (χ0v) is 13.3. The number of rotatable bonds is 6. The summed E-state index contributed by atoms with van der Waals surface area (Å²) in [7, 11) is 0. The first-order chi connectivity index (χ1) is 8.22. The molecule has 116 valence electrons. The van der Waals surface area contributed by atoms with Gasteiger partial charge in [-0.15, -0.1) is 0 Å². The van der Waals surface area contributed by atoms with Gasteiger partial charge in [0, 0.05) is 24.7 Å². The molecule has 0 aliphatic carbocycles. The Bertz CT molecular complexity index is 265. The highest BCUT2D eigenvalue weighted by Gasteiger charge is 2.34. The topological polar surface area (TPSA) is 15.3 Å². The Morgan fingerprint density at radius 3 is 1.74 bits per heavy atom. The van der Waals surface area contributed by atoms with E-state index in [9.17, 15) is 13.2 Å². The fourth-order valence-electron chi connectivity index (χ4n) is 1.76. The molecular formula is C14H29F3N2. The Labute approximate surface area is 115 Å². The average molecular weight is 282 g/mol. The van der Waals surface area contributed by atoms with E-state index in [-0.39, 0.29) is 17.0 Å². The van der Waals surface area contributed by atoms with E-state index in [0.29, 0.717) is 13.1 Å². The maximum atomic E-state index is 12.6. The molecule has 0 aromatic carbocycles. The molecule has 5 heteroatoms. The third kappa shape index (κ3) is 10.2. The number of hydrogen-bond acceptors (Lipinski definition) is 2. The van der Waals surface area contributed by atoms with Crippen LogP contribution >= 0.6 is 0 Å². The maximum Gasteiger partial charge on any atom is 0.401 e. The molecule has 0 bridgehead atoms. The van der Waals surface area contributed by atoms with Gasteiger partial charge in [-0.2, -0.15) is 13.2 Å². The summed E-state index contributed by atoms with van der Waals surface area (Å²) in [5.74, 6) is 0. The van der Waals surface area contributed by atoms with Gasteiger partial charge in [-0.3, -0.25) is 4.90 Å². The molecule has 2 nitrogen and oxygen atoms in total. The van der Waals surface area contributed by atoms with Crippen LogP contribution in [0.4, 0.5) is 13.2 Å². The van der Waals surface area contributed by atoms with Crippen LogP contribution in [0.2, 0.25) is 0 Å². The second-order valence-corrected chi connectivity index (χ2v) is 7.38. The van der Waals surface area contributed by atoms with Crippen molar-refractivity contribution in [1.29, 1.82) is 0 Å². The summed E-state index contributed by atoms with van der Waals surface area (Å²) in [6.45, 7) is 14.0. The lowest BCUT2D eigenvalue weighted by Crippen LogP contribution is -2.49. The average Bonchev–Trinajstić information content (AvgIpc) is 2.10. The second kappa shape index (κ2) is 6.44. The van der Waals surface area contributed by atoms with Crippen molar-refractivity contribution >= 4 is 0 Å². The van der Waals surface area contributed by atoms with Crippen molar-refractivity contribution in [3.8, 4) is 0 Å². The van der Waals surface area contributed by atoms with E-state index in [1.165, 1.54) is 4.90 Å². The lowest BCUT2D eigenvalue weighted by Gasteiger charge is -2.37. The van der Waals surface area contributed by atoms with Crippen LogP contribution in [-0.4, -0.2) is 42.3 Å². The van der Waals surface area contributed by atoms with E-state index in [4.69, 9.17) is 0 Å². The molecular weight excluding hydrogens is 253 g/mol. The highest BCUT2D eigenvalue weighted by molar-refractivity contribution is 4.82. The summed E-state index contributed by atoms with van der Waals surface area (Å²) in [5, 5.41) is 3.36. The summed E-state index contributed by atoms with van der Waals surface area (Å²) in [5.41, 5.74) is -0.229. The molecule has 0 heterocycles. The van der Waals surface area contributed by atoms with Crippen LogP contribution in [0.1, 0.15) is 48.5 Å². The molecule has 0 radical (unpaired) electrons. The van der Waals surface area contributed by atoms with Crippen molar-refractivity contribution in [3.05, 3.63) is 0 Å². The molecule has 0 aromatic rings. The Morgan fingerprint density at radius 2 is 1.42 bits per heavy atom. The molecule has 0 amide bonds. The van der Waals surface area contributed by atoms with Crippen LogP contribution in [0, 0.1) is 5.41 Å². The quantitative estimate of drug-likeness (QED) is 0.799. The van der Waals surface area contributed by atoms with Crippen molar-refractivity contribution in [2.75, 3.05) is 19.6 Å². The van der Waals surface area contributed by atoms with Crippen molar-refractivity contribution in [1.82, 2.24) is 10.2 Å². The van der Waals surface area contributed by atoms with Gasteiger partial charge in [-0.1, -0.05) is 13.8 Å². The number of alkyl halides is 3. The molecule has 0 saturated carbocycles. The maximum absolute atomic E-state index is 12.6. The van der Waals surface area contributed by atoms with E-state index >= 15 is 0 Å². The normalized spacial score (nSPS) is 14.5. The minimum Gasteiger partial charge on any atom is -0.311 e. The number of halogens is 3. The molecule has 0 spiro atoms. The first-order valence-electron chi connectivity index (χ1n) is 6.78. The Morgan fingerprint density at radius 1 is 0.947 bits per heavy atom. The molecule has 0 atom stereocenters. The number of hydrogen-bond donors (Lipinski definition) is 1. The monoisotopic (exact) mass is 282 g/mol. The number of nitrogens with zero attached hydrogens (tertiary/aromatic N) is 1. The van der Waals surface area contributed by atoms with Gasteiger partial charge >= 0.3 is 6.18 Å². The lowest BCUT2D eigenvalue weighted by atomic mass is 9.90. The highest BCUT2D eigenvalue weighted by Crippen LogP contribution is 2.23. The summed E-state index contributed by atoms with van der Waals surface area (Å²) < 4.78 is 37.7. The fraction of sp³-hybridized carbons (Fsp3) is 1.00. The van der Waals surface area contributed by atoms with Crippen LogP contribution in [-0.2, 0) is 0 Å². The van der Waals surface area contributed by atoms with Gasteiger partial charge < -0.3 is 5.32 Å². The molecule has 19 heavy (non-hydrogen) atoms. The predicted molar refractivity (Wildman–Crippen MR) is 74.3 cm³/mol. The van der Waals surface area contributed by atoms with E-state index in [0.717, 1.165) is 0 Å². The van der Waals surface area contributed by atoms with Gasteiger partial charge in [0.2, 0.25) is 0 Å². The summed E-state index contributed by atoms with van der Waals surface area (Å²) in [4.78, 5) is 1.49. The first-order valence-corrected chi connectivity index (χ1v) is 6.78. The third-order valence-electron chi connectivity index (χ3n) is 2.84. The smallest absolute Gasteiger partial charge is 0.311 e. The third-order valence-corrected chi connectivity index (χ3v) is 2.84. The molecule has 0 aromatic heterocycles. The van der Waals surface area contributed by atoms with Crippen LogP contribution in [0.25, 0.3) is 0 Å². The van der Waals surface area contributed by atoms with Crippen molar-refractivity contribution in [2.45, 2.75) is 66.2 Å². The largest absolute Gasteiger partial charge is 0.401 e. The van der Waals surface area contributed by atoms with Gasteiger partial charge in [0.05, 0.1) is 6.54 Å². The molecule has 0 unspecified atom stereocenters. The number of nitrogens with one attached hydrogen (secondary N) is 1. The van der Waals surface area contributed by atoms with Gasteiger partial charge in [0.1, 0.15) is 0 Å². The molecule has 0 rings (SSSR count). The van der Waals surface area contributed by atoms with E-state index in [1.807, 2.05) is 13.8 Å². The standard InChI is InChI=1S/C14H29F3N2/c1-11(2)19(10-14(15,16)17)9-13(6,7)8-18-12(3,4)5/h11,18H,8-10H2,1-7H3.